The standard InChI is InChI=1S/C10H13BrClNO2S/c1-16(14,15)5-4-10(13)8-3-2-7(11)6-9(8)12/h2-3,6,10H,4-5,13H2,1H3. The Kier molecular flexibility index (Phi) is 4.79. The molecule has 0 fully saturated rings. The molecule has 3 nitrogen and oxygen atoms in total. The lowest BCUT2D eigenvalue weighted by molar-refractivity contribution is 0.592. The molecule has 1 rings (SSSR count). The van der Waals surface area contributed by atoms with E-state index in [1.165, 1.54) is 6.26 Å². The molecule has 0 amide bonds. The summed E-state index contributed by atoms with van der Waals surface area (Å²) in [5.74, 6) is 0.0700. The molecule has 0 heterocycles. The quantitative estimate of drug-likeness (QED) is 0.925. The first-order valence-corrected chi connectivity index (χ1v) is 7.91. The third-order valence-corrected chi connectivity index (χ3v) is 3.96. The van der Waals surface area contributed by atoms with Gasteiger partial charge in [0.1, 0.15) is 9.84 Å². The molecule has 16 heavy (non-hydrogen) atoms. The van der Waals surface area contributed by atoms with Gasteiger partial charge in [0.15, 0.2) is 0 Å². The van der Waals surface area contributed by atoms with Crippen LogP contribution in [0.5, 0.6) is 0 Å². The van der Waals surface area contributed by atoms with Crippen LogP contribution in [0.25, 0.3) is 0 Å². The van der Waals surface area contributed by atoms with Crippen molar-refractivity contribution in [3.8, 4) is 0 Å². The van der Waals surface area contributed by atoms with E-state index in [2.05, 4.69) is 15.9 Å². The monoisotopic (exact) mass is 325 g/mol. The number of halogens is 2. The Morgan fingerprint density at radius 2 is 2.12 bits per heavy atom. The molecule has 2 N–H and O–H groups in total. The highest BCUT2D eigenvalue weighted by Crippen LogP contribution is 2.27. The molecule has 1 atom stereocenters. The third-order valence-electron chi connectivity index (χ3n) is 2.16. The fourth-order valence-electron chi connectivity index (χ4n) is 1.30. The highest BCUT2D eigenvalue weighted by molar-refractivity contribution is 9.10. The Morgan fingerprint density at radius 3 is 2.62 bits per heavy atom. The molecule has 0 aromatic heterocycles. The van der Waals surface area contributed by atoms with Crippen molar-refractivity contribution in [2.45, 2.75) is 12.5 Å². The van der Waals surface area contributed by atoms with Crippen LogP contribution >= 0.6 is 27.5 Å². The normalized spacial score (nSPS) is 13.8. The maximum Gasteiger partial charge on any atom is 0.147 e. The molecule has 0 radical (unpaired) electrons. The second-order valence-corrected chi connectivity index (χ2v) is 7.27. The molecule has 0 spiro atoms. The summed E-state index contributed by atoms with van der Waals surface area (Å²) >= 11 is 9.31. The Hall–Kier alpha value is -0.100. The van der Waals surface area contributed by atoms with E-state index in [4.69, 9.17) is 17.3 Å². The fourth-order valence-corrected chi connectivity index (χ4v) is 2.79. The molecule has 6 heteroatoms. The maximum atomic E-state index is 11.0. The second-order valence-electron chi connectivity index (χ2n) is 3.69. The fraction of sp³-hybridized carbons (Fsp3) is 0.400. The molecule has 0 saturated heterocycles. The summed E-state index contributed by atoms with van der Waals surface area (Å²) in [6, 6.07) is 5.04. The molecule has 0 aliphatic carbocycles. The number of hydrogen-bond acceptors (Lipinski definition) is 3. The van der Waals surface area contributed by atoms with Crippen LogP contribution in [-0.2, 0) is 9.84 Å². The van der Waals surface area contributed by atoms with E-state index in [9.17, 15) is 8.42 Å². The zero-order valence-corrected chi connectivity index (χ0v) is 11.9. The van der Waals surface area contributed by atoms with Crippen molar-refractivity contribution >= 4 is 37.4 Å². The summed E-state index contributed by atoms with van der Waals surface area (Å²) < 4.78 is 22.9. The summed E-state index contributed by atoms with van der Waals surface area (Å²) in [6.45, 7) is 0. The molecule has 1 aromatic rings. The lowest BCUT2D eigenvalue weighted by Gasteiger charge is -2.13. The van der Waals surface area contributed by atoms with E-state index < -0.39 is 9.84 Å². The Labute approximate surface area is 109 Å². The maximum absolute atomic E-state index is 11.0. The van der Waals surface area contributed by atoms with E-state index in [0.29, 0.717) is 11.4 Å². The van der Waals surface area contributed by atoms with Crippen LogP contribution in [0.1, 0.15) is 18.0 Å². The summed E-state index contributed by atoms with van der Waals surface area (Å²) in [5.41, 5.74) is 6.66. The first-order valence-electron chi connectivity index (χ1n) is 4.68. The van der Waals surface area contributed by atoms with Gasteiger partial charge in [-0.3, -0.25) is 0 Å². The van der Waals surface area contributed by atoms with Gasteiger partial charge < -0.3 is 5.73 Å². The molecule has 1 unspecified atom stereocenters. The van der Waals surface area contributed by atoms with Crippen molar-refractivity contribution in [3.05, 3.63) is 33.3 Å². The van der Waals surface area contributed by atoms with Gasteiger partial charge in [0.25, 0.3) is 0 Å². The van der Waals surface area contributed by atoms with Crippen LogP contribution < -0.4 is 5.73 Å². The van der Waals surface area contributed by atoms with E-state index in [0.717, 1.165) is 10.0 Å². The Morgan fingerprint density at radius 1 is 1.50 bits per heavy atom. The van der Waals surface area contributed by atoms with Crippen LogP contribution in [-0.4, -0.2) is 20.4 Å². The van der Waals surface area contributed by atoms with Gasteiger partial charge in [0, 0.05) is 21.8 Å². The molecular formula is C10H13BrClNO2S. The van der Waals surface area contributed by atoms with Crippen LogP contribution in [0.15, 0.2) is 22.7 Å². The van der Waals surface area contributed by atoms with Gasteiger partial charge in [-0.15, -0.1) is 0 Å². The minimum absolute atomic E-state index is 0.0700. The zero-order valence-electron chi connectivity index (χ0n) is 8.78. The van der Waals surface area contributed by atoms with Gasteiger partial charge in [-0.1, -0.05) is 33.6 Å². The van der Waals surface area contributed by atoms with E-state index in [1.807, 2.05) is 6.07 Å². The molecule has 90 valence electrons. The number of hydrogen-bond donors (Lipinski definition) is 1. The highest BCUT2D eigenvalue weighted by atomic mass is 79.9. The van der Waals surface area contributed by atoms with Crippen molar-refractivity contribution in [1.29, 1.82) is 0 Å². The summed E-state index contributed by atoms with van der Waals surface area (Å²) in [7, 11) is -2.98. The number of benzene rings is 1. The minimum atomic E-state index is -2.98. The van der Waals surface area contributed by atoms with Gasteiger partial charge >= 0.3 is 0 Å². The highest BCUT2D eigenvalue weighted by Gasteiger charge is 2.13. The Balaban J connectivity index is 2.77. The topological polar surface area (TPSA) is 60.2 Å². The predicted molar refractivity (Wildman–Crippen MR) is 70.4 cm³/mol. The molecule has 0 saturated carbocycles. The predicted octanol–water partition coefficient (Wildman–Crippen LogP) is 2.54. The van der Waals surface area contributed by atoms with Crippen LogP contribution in [0.2, 0.25) is 5.02 Å². The smallest absolute Gasteiger partial charge is 0.147 e. The van der Waals surface area contributed by atoms with Crippen molar-refractivity contribution in [1.82, 2.24) is 0 Å². The van der Waals surface area contributed by atoms with Crippen molar-refractivity contribution in [2.75, 3.05) is 12.0 Å². The largest absolute Gasteiger partial charge is 0.324 e. The summed E-state index contributed by atoms with van der Waals surface area (Å²) in [5, 5.41) is 0.551. The van der Waals surface area contributed by atoms with Gasteiger partial charge in [-0.2, -0.15) is 0 Å². The molecule has 0 aliphatic heterocycles. The average Bonchev–Trinajstić information content (AvgIpc) is 2.13. The van der Waals surface area contributed by atoms with E-state index in [1.54, 1.807) is 12.1 Å². The average molecular weight is 327 g/mol. The molecule has 1 aromatic carbocycles. The third kappa shape index (κ3) is 4.41. The number of nitrogens with two attached hydrogens (primary N) is 1. The van der Waals surface area contributed by atoms with Gasteiger partial charge in [-0.05, 0) is 24.1 Å². The van der Waals surface area contributed by atoms with Crippen molar-refractivity contribution < 1.29 is 8.42 Å². The number of sulfone groups is 1. The van der Waals surface area contributed by atoms with Crippen molar-refractivity contribution in [3.63, 3.8) is 0 Å². The van der Waals surface area contributed by atoms with Crippen LogP contribution in [0, 0.1) is 0 Å². The molecule has 0 bridgehead atoms. The lowest BCUT2D eigenvalue weighted by atomic mass is 10.1. The summed E-state index contributed by atoms with van der Waals surface area (Å²) in [6.07, 6.45) is 1.57. The van der Waals surface area contributed by atoms with Crippen LogP contribution in [0.3, 0.4) is 0 Å². The van der Waals surface area contributed by atoms with Gasteiger partial charge in [0.05, 0.1) is 5.75 Å². The van der Waals surface area contributed by atoms with E-state index >= 15 is 0 Å². The first kappa shape index (κ1) is 14.0. The molecular weight excluding hydrogens is 314 g/mol. The van der Waals surface area contributed by atoms with Crippen molar-refractivity contribution in [2.24, 2.45) is 5.73 Å². The Bertz CT molecular complexity index is 476. The first-order chi connectivity index (χ1) is 7.29. The summed E-state index contributed by atoms with van der Waals surface area (Å²) in [4.78, 5) is 0. The second kappa shape index (κ2) is 5.49. The SMILES string of the molecule is CS(=O)(=O)CCC(N)c1ccc(Br)cc1Cl. The minimum Gasteiger partial charge on any atom is -0.324 e. The molecule has 0 aliphatic rings. The zero-order chi connectivity index (χ0) is 12.3. The van der Waals surface area contributed by atoms with Gasteiger partial charge in [-0.25, -0.2) is 8.42 Å². The van der Waals surface area contributed by atoms with Crippen LogP contribution in [0.4, 0.5) is 0 Å². The number of rotatable bonds is 4. The van der Waals surface area contributed by atoms with Gasteiger partial charge in [0.2, 0.25) is 0 Å². The lowest BCUT2D eigenvalue weighted by Crippen LogP contribution is -2.16. The van der Waals surface area contributed by atoms with E-state index in [-0.39, 0.29) is 11.8 Å².